The van der Waals surface area contributed by atoms with E-state index in [0.717, 1.165) is 23.3 Å². The lowest BCUT2D eigenvalue weighted by atomic mass is 10.1. The van der Waals surface area contributed by atoms with Gasteiger partial charge in [-0.25, -0.2) is 9.69 Å². The Labute approximate surface area is 231 Å². The molecule has 1 N–H and O–H groups in total. The summed E-state index contributed by atoms with van der Waals surface area (Å²) in [4.78, 5) is 38.7. The second-order valence-electron chi connectivity index (χ2n) is 8.67. The number of ether oxygens (including phenoxy) is 1. The number of alkyl halides is 3. The van der Waals surface area contributed by atoms with Crippen molar-refractivity contribution in [1.29, 1.82) is 0 Å². The van der Waals surface area contributed by atoms with Gasteiger partial charge < -0.3 is 10.1 Å². The van der Waals surface area contributed by atoms with Crippen molar-refractivity contribution in [3.05, 3.63) is 125 Å². The summed E-state index contributed by atoms with van der Waals surface area (Å²) in [5.41, 5.74) is 0.931. The van der Waals surface area contributed by atoms with E-state index in [4.69, 9.17) is 16.3 Å². The number of carbonyl (C=O) groups excluding carboxylic acids is 3. The predicted molar refractivity (Wildman–Crippen MR) is 144 cm³/mol. The van der Waals surface area contributed by atoms with Gasteiger partial charge in [-0.3, -0.25) is 9.59 Å². The molecule has 6 nitrogen and oxygen atoms in total. The first kappa shape index (κ1) is 26.7. The molecule has 1 aliphatic rings. The Hall–Kier alpha value is -4.89. The van der Waals surface area contributed by atoms with Crippen molar-refractivity contribution in [2.75, 3.05) is 10.2 Å². The number of carbonyl (C=O) groups is 3. The number of nitrogens with one attached hydrogen (secondary N) is 1. The van der Waals surface area contributed by atoms with Crippen molar-refractivity contribution < 1.29 is 32.3 Å². The number of hydrogen-bond acceptors (Lipinski definition) is 5. The largest absolute Gasteiger partial charge is 0.423 e. The van der Waals surface area contributed by atoms with E-state index >= 15 is 0 Å². The molecule has 10 heteroatoms. The van der Waals surface area contributed by atoms with Gasteiger partial charge in [0.2, 0.25) is 0 Å². The van der Waals surface area contributed by atoms with Gasteiger partial charge in [0.15, 0.2) is 0 Å². The Bertz CT molecular complexity index is 1630. The fraction of sp³-hybridized carbons (Fsp3) is 0.0333. The van der Waals surface area contributed by atoms with Crippen molar-refractivity contribution >= 4 is 40.8 Å². The van der Waals surface area contributed by atoms with E-state index < -0.39 is 34.6 Å². The van der Waals surface area contributed by atoms with Crippen molar-refractivity contribution in [2.45, 2.75) is 6.18 Å². The lowest BCUT2D eigenvalue weighted by Gasteiger charge is -2.17. The normalized spacial score (nSPS) is 13.6. The van der Waals surface area contributed by atoms with Gasteiger partial charge >= 0.3 is 12.1 Å². The first-order chi connectivity index (χ1) is 19.1. The van der Waals surface area contributed by atoms with Gasteiger partial charge in [0.25, 0.3) is 11.8 Å². The molecule has 0 saturated carbocycles. The fourth-order valence-electron chi connectivity index (χ4n) is 4.01. The maximum atomic E-state index is 13.1. The zero-order valence-corrected chi connectivity index (χ0v) is 21.2. The monoisotopic (exact) mass is 562 g/mol. The molecular formula is C30H18ClF3N2O4. The van der Waals surface area contributed by atoms with E-state index in [2.05, 4.69) is 5.32 Å². The average Bonchev–Trinajstić information content (AvgIpc) is 3.16. The van der Waals surface area contributed by atoms with Crippen LogP contribution >= 0.6 is 11.6 Å². The molecule has 0 spiro atoms. The third kappa shape index (κ3) is 5.45. The number of esters is 1. The molecular weight excluding hydrogens is 545 g/mol. The topological polar surface area (TPSA) is 75.7 Å². The van der Waals surface area contributed by atoms with Crippen LogP contribution in [0.5, 0.6) is 5.75 Å². The van der Waals surface area contributed by atoms with Crippen LogP contribution in [-0.4, -0.2) is 17.8 Å². The summed E-state index contributed by atoms with van der Waals surface area (Å²) in [6.07, 6.45) is -4.66. The first-order valence-corrected chi connectivity index (χ1v) is 12.2. The molecule has 1 aliphatic heterocycles. The Balaban J connectivity index is 1.26. The van der Waals surface area contributed by atoms with Gasteiger partial charge in [-0.1, -0.05) is 60.1 Å². The molecule has 40 heavy (non-hydrogen) atoms. The highest BCUT2D eigenvalue weighted by Gasteiger charge is 2.40. The van der Waals surface area contributed by atoms with Crippen LogP contribution in [0.1, 0.15) is 15.9 Å². The van der Waals surface area contributed by atoms with Gasteiger partial charge in [0.1, 0.15) is 16.5 Å². The molecule has 0 aromatic heterocycles. The highest BCUT2D eigenvalue weighted by Crippen LogP contribution is 2.35. The van der Waals surface area contributed by atoms with Crippen LogP contribution < -0.4 is 15.0 Å². The number of halogens is 4. The zero-order chi connectivity index (χ0) is 28.4. The molecule has 4 aromatic rings. The Kier molecular flexibility index (Phi) is 7.15. The molecule has 5 rings (SSSR count). The van der Waals surface area contributed by atoms with Gasteiger partial charge in [0, 0.05) is 5.69 Å². The maximum absolute atomic E-state index is 13.1. The first-order valence-electron chi connectivity index (χ1n) is 11.8. The number of anilines is 2. The number of nitrogens with zero attached hydrogens (tertiary/aromatic N) is 1. The van der Waals surface area contributed by atoms with Crippen LogP contribution in [0.2, 0.25) is 0 Å². The molecule has 200 valence electrons. The highest BCUT2D eigenvalue weighted by molar-refractivity contribution is 6.53. The minimum atomic E-state index is -4.66. The summed E-state index contributed by atoms with van der Waals surface area (Å²) >= 11 is 6.08. The Morgan fingerprint density at radius 1 is 0.775 bits per heavy atom. The van der Waals surface area contributed by atoms with Gasteiger partial charge in [-0.15, -0.1) is 0 Å². The minimum Gasteiger partial charge on any atom is -0.423 e. The summed E-state index contributed by atoms with van der Waals surface area (Å²) in [6, 6.07) is 26.4. The van der Waals surface area contributed by atoms with Gasteiger partial charge in [-0.05, 0) is 65.7 Å². The number of benzene rings is 4. The Morgan fingerprint density at radius 2 is 1.43 bits per heavy atom. The molecule has 0 fully saturated rings. The van der Waals surface area contributed by atoms with Crippen LogP contribution in [-0.2, 0) is 15.8 Å². The molecule has 2 amide bonds. The van der Waals surface area contributed by atoms with E-state index in [1.54, 1.807) is 12.1 Å². The molecule has 4 aromatic carbocycles. The van der Waals surface area contributed by atoms with Gasteiger partial charge in [0.05, 0.1) is 16.8 Å². The van der Waals surface area contributed by atoms with E-state index in [0.29, 0.717) is 22.4 Å². The lowest BCUT2D eigenvalue weighted by molar-refractivity contribution is -0.137. The van der Waals surface area contributed by atoms with Crippen LogP contribution in [0, 0.1) is 0 Å². The van der Waals surface area contributed by atoms with Crippen molar-refractivity contribution in [3.63, 3.8) is 0 Å². The van der Waals surface area contributed by atoms with E-state index in [9.17, 15) is 27.6 Å². The molecule has 0 aliphatic carbocycles. The zero-order valence-electron chi connectivity index (χ0n) is 20.4. The summed E-state index contributed by atoms with van der Waals surface area (Å²) in [6.45, 7) is 0. The molecule has 0 unspecified atom stereocenters. The standard InChI is InChI=1S/C30H18ClF3N2O4/c31-25-26(28(38)36(27(25)37)23-8-4-7-21(17-23)30(32,33)34)35-22-13-9-20(10-14-22)29(39)40-24-15-11-19(12-16-24)18-5-2-1-3-6-18/h1-17,35H. The highest BCUT2D eigenvalue weighted by atomic mass is 35.5. The lowest BCUT2D eigenvalue weighted by Crippen LogP contribution is -2.32. The van der Waals surface area contributed by atoms with E-state index in [1.165, 1.54) is 30.3 Å². The Morgan fingerprint density at radius 3 is 2.08 bits per heavy atom. The third-order valence-corrected chi connectivity index (χ3v) is 6.37. The predicted octanol–water partition coefficient (Wildman–Crippen LogP) is 7.03. The van der Waals surface area contributed by atoms with E-state index in [1.807, 2.05) is 42.5 Å². The smallest absolute Gasteiger partial charge is 0.416 e. The van der Waals surface area contributed by atoms with E-state index in [-0.39, 0.29) is 16.9 Å². The minimum absolute atomic E-state index is 0.220. The molecule has 0 saturated heterocycles. The van der Waals surface area contributed by atoms with Crippen molar-refractivity contribution in [3.8, 4) is 16.9 Å². The molecule has 1 heterocycles. The van der Waals surface area contributed by atoms with Crippen molar-refractivity contribution in [2.24, 2.45) is 0 Å². The van der Waals surface area contributed by atoms with Crippen LogP contribution in [0.25, 0.3) is 11.1 Å². The number of rotatable bonds is 6. The second kappa shape index (κ2) is 10.7. The number of imide groups is 1. The fourth-order valence-corrected chi connectivity index (χ4v) is 4.23. The van der Waals surface area contributed by atoms with Gasteiger partial charge in [-0.2, -0.15) is 13.2 Å². The summed E-state index contributed by atoms with van der Waals surface area (Å²) in [7, 11) is 0. The maximum Gasteiger partial charge on any atom is 0.416 e. The SMILES string of the molecule is O=C(Oc1ccc(-c2ccccc2)cc1)c1ccc(NC2=C(Cl)C(=O)N(c3cccc(C(F)(F)F)c3)C2=O)cc1. The molecule has 0 radical (unpaired) electrons. The van der Waals surface area contributed by atoms with Crippen LogP contribution in [0.4, 0.5) is 24.5 Å². The van der Waals surface area contributed by atoms with Crippen LogP contribution in [0.15, 0.2) is 114 Å². The summed E-state index contributed by atoms with van der Waals surface area (Å²) in [5.74, 6) is -2.14. The van der Waals surface area contributed by atoms with Crippen molar-refractivity contribution in [1.82, 2.24) is 0 Å². The quantitative estimate of drug-likeness (QED) is 0.155. The second-order valence-corrected chi connectivity index (χ2v) is 9.04. The number of hydrogen-bond donors (Lipinski definition) is 1. The third-order valence-electron chi connectivity index (χ3n) is 6.02. The molecule has 0 bridgehead atoms. The summed E-state index contributed by atoms with van der Waals surface area (Å²) < 4.78 is 44.8. The summed E-state index contributed by atoms with van der Waals surface area (Å²) in [5, 5.41) is 2.23. The van der Waals surface area contributed by atoms with Crippen LogP contribution in [0.3, 0.4) is 0 Å². The molecule has 0 atom stereocenters. The number of amides is 2. The average molecular weight is 563 g/mol.